The second-order valence-corrected chi connectivity index (χ2v) is 6.20. The smallest absolute Gasteiger partial charge is 0.0768 e. The average molecular weight is 291 g/mol. The molecule has 118 valence electrons. The van der Waals surface area contributed by atoms with Crippen molar-refractivity contribution in [2.75, 3.05) is 19.6 Å². The van der Waals surface area contributed by atoms with Crippen molar-refractivity contribution in [1.82, 2.24) is 4.90 Å². The van der Waals surface area contributed by atoms with Crippen molar-refractivity contribution in [2.24, 2.45) is 0 Å². The summed E-state index contributed by atoms with van der Waals surface area (Å²) in [7, 11) is 0. The Bertz CT molecular complexity index is 395. The Morgan fingerprint density at radius 3 is 2.33 bits per heavy atom. The molecule has 0 amide bonds. The van der Waals surface area contributed by atoms with Crippen LogP contribution in [0.3, 0.4) is 0 Å². The molecule has 1 aliphatic heterocycles. The Morgan fingerprint density at radius 1 is 1.14 bits per heavy atom. The van der Waals surface area contributed by atoms with E-state index in [0.717, 1.165) is 45.3 Å². The van der Waals surface area contributed by atoms with Crippen molar-refractivity contribution in [2.45, 2.75) is 57.8 Å². The van der Waals surface area contributed by atoms with Crippen molar-refractivity contribution in [3.05, 3.63) is 35.9 Å². The number of benzene rings is 1. The van der Waals surface area contributed by atoms with E-state index in [1.165, 1.54) is 5.56 Å². The van der Waals surface area contributed by atoms with E-state index >= 15 is 0 Å². The van der Waals surface area contributed by atoms with Gasteiger partial charge in [0.2, 0.25) is 0 Å². The standard InChI is InChI=1S/C18H29NO2/c1-3-18(20,4-2)15-19-12-10-17(11-13-19)21-14-16-8-6-5-7-9-16/h5-9,17,20H,3-4,10-15H2,1-2H3. The van der Waals surface area contributed by atoms with E-state index in [2.05, 4.69) is 43.0 Å². The third-order valence-electron chi connectivity index (χ3n) is 4.70. The number of β-amino-alcohol motifs (C(OH)–C–C–N with tert-alkyl or cyclic N) is 1. The first-order valence-corrected chi connectivity index (χ1v) is 8.25. The molecule has 0 bridgehead atoms. The minimum Gasteiger partial charge on any atom is -0.389 e. The Kier molecular flexibility index (Phi) is 6.22. The average Bonchev–Trinajstić information content (AvgIpc) is 2.55. The van der Waals surface area contributed by atoms with Crippen LogP contribution in [0.15, 0.2) is 30.3 Å². The Balaban J connectivity index is 1.71. The minimum atomic E-state index is -0.516. The molecule has 1 aromatic carbocycles. The number of piperidine rings is 1. The summed E-state index contributed by atoms with van der Waals surface area (Å²) in [6.07, 6.45) is 4.15. The lowest BCUT2D eigenvalue weighted by Gasteiger charge is -2.37. The van der Waals surface area contributed by atoms with Gasteiger partial charge < -0.3 is 14.7 Å². The Labute approximate surface area is 128 Å². The number of nitrogens with zero attached hydrogens (tertiary/aromatic N) is 1. The first-order chi connectivity index (χ1) is 10.1. The van der Waals surface area contributed by atoms with Crippen molar-refractivity contribution in [3.8, 4) is 0 Å². The van der Waals surface area contributed by atoms with E-state index in [4.69, 9.17) is 4.74 Å². The summed E-state index contributed by atoms with van der Waals surface area (Å²) in [6.45, 7) is 7.70. The zero-order valence-corrected chi connectivity index (χ0v) is 13.4. The predicted molar refractivity (Wildman–Crippen MR) is 86.2 cm³/mol. The second-order valence-electron chi connectivity index (χ2n) is 6.20. The van der Waals surface area contributed by atoms with Crippen LogP contribution in [0.4, 0.5) is 0 Å². The van der Waals surface area contributed by atoms with Crippen LogP contribution < -0.4 is 0 Å². The maximum Gasteiger partial charge on any atom is 0.0768 e. The number of rotatable bonds is 7. The summed E-state index contributed by atoms with van der Waals surface area (Å²) < 4.78 is 6.01. The first kappa shape index (κ1) is 16.5. The normalized spacial score (nSPS) is 18.0. The maximum absolute atomic E-state index is 10.4. The van der Waals surface area contributed by atoms with Crippen LogP contribution in [0.1, 0.15) is 45.1 Å². The highest BCUT2D eigenvalue weighted by Crippen LogP contribution is 2.21. The third-order valence-corrected chi connectivity index (χ3v) is 4.70. The van der Waals surface area contributed by atoms with E-state index < -0.39 is 5.60 Å². The maximum atomic E-state index is 10.4. The van der Waals surface area contributed by atoms with E-state index in [1.54, 1.807) is 0 Å². The van der Waals surface area contributed by atoms with Crippen molar-refractivity contribution < 1.29 is 9.84 Å². The van der Waals surface area contributed by atoms with Crippen molar-refractivity contribution in [1.29, 1.82) is 0 Å². The molecular formula is C18H29NO2. The van der Waals surface area contributed by atoms with Crippen LogP contribution in [0.2, 0.25) is 0 Å². The molecular weight excluding hydrogens is 262 g/mol. The lowest BCUT2D eigenvalue weighted by Crippen LogP contribution is -2.46. The van der Waals surface area contributed by atoms with E-state index in [9.17, 15) is 5.11 Å². The second kappa shape index (κ2) is 7.92. The van der Waals surface area contributed by atoms with Gasteiger partial charge in [0.25, 0.3) is 0 Å². The molecule has 1 aliphatic rings. The highest BCUT2D eigenvalue weighted by Gasteiger charge is 2.28. The fourth-order valence-corrected chi connectivity index (χ4v) is 2.91. The Morgan fingerprint density at radius 2 is 1.76 bits per heavy atom. The summed E-state index contributed by atoms with van der Waals surface area (Å²) in [4.78, 5) is 2.38. The summed E-state index contributed by atoms with van der Waals surface area (Å²) in [5.74, 6) is 0. The van der Waals surface area contributed by atoms with E-state index in [0.29, 0.717) is 12.7 Å². The fourth-order valence-electron chi connectivity index (χ4n) is 2.91. The molecule has 0 aromatic heterocycles. The molecule has 21 heavy (non-hydrogen) atoms. The van der Waals surface area contributed by atoms with Gasteiger partial charge in [-0.3, -0.25) is 0 Å². The molecule has 1 aromatic rings. The first-order valence-electron chi connectivity index (χ1n) is 8.25. The molecule has 0 saturated carbocycles. The highest BCUT2D eigenvalue weighted by molar-refractivity contribution is 5.13. The molecule has 0 unspecified atom stereocenters. The van der Waals surface area contributed by atoms with Gasteiger partial charge in [0.1, 0.15) is 0 Å². The van der Waals surface area contributed by atoms with Gasteiger partial charge in [-0.15, -0.1) is 0 Å². The molecule has 0 spiro atoms. The molecule has 0 atom stereocenters. The lowest BCUT2D eigenvalue weighted by atomic mass is 9.95. The van der Waals surface area contributed by atoms with Gasteiger partial charge in [-0.1, -0.05) is 44.2 Å². The minimum absolute atomic E-state index is 0.359. The zero-order valence-electron chi connectivity index (χ0n) is 13.4. The molecule has 0 aliphatic carbocycles. The number of ether oxygens (including phenoxy) is 1. The highest BCUT2D eigenvalue weighted by atomic mass is 16.5. The topological polar surface area (TPSA) is 32.7 Å². The summed E-state index contributed by atoms with van der Waals surface area (Å²) >= 11 is 0. The van der Waals surface area contributed by atoms with Gasteiger partial charge in [-0.05, 0) is 31.2 Å². The molecule has 3 heteroatoms. The molecule has 0 radical (unpaired) electrons. The summed E-state index contributed by atoms with van der Waals surface area (Å²) in [5.41, 5.74) is 0.726. The van der Waals surface area contributed by atoms with Gasteiger partial charge in [0.05, 0.1) is 18.3 Å². The van der Waals surface area contributed by atoms with Crippen LogP contribution >= 0.6 is 0 Å². The molecule has 1 heterocycles. The fraction of sp³-hybridized carbons (Fsp3) is 0.667. The lowest BCUT2D eigenvalue weighted by molar-refractivity contribution is -0.0388. The number of hydrogen-bond acceptors (Lipinski definition) is 3. The van der Waals surface area contributed by atoms with E-state index in [-0.39, 0.29) is 0 Å². The van der Waals surface area contributed by atoms with Gasteiger partial charge in [-0.2, -0.15) is 0 Å². The van der Waals surface area contributed by atoms with Crippen molar-refractivity contribution in [3.63, 3.8) is 0 Å². The quantitative estimate of drug-likeness (QED) is 0.837. The van der Waals surface area contributed by atoms with Gasteiger partial charge >= 0.3 is 0 Å². The van der Waals surface area contributed by atoms with Gasteiger partial charge in [-0.25, -0.2) is 0 Å². The number of likely N-dealkylation sites (tertiary alicyclic amines) is 1. The van der Waals surface area contributed by atoms with Gasteiger partial charge in [0, 0.05) is 19.6 Å². The summed E-state index contributed by atoms with van der Waals surface area (Å²) in [6, 6.07) is 10.4. The molecule has 1 fully saturated rings. The zero-order chi connectivity index (χ0) is 15.1. The number of hydrogen-bond donors (Lipinski definition) is 1. The molecule has 1 saturated heterocycles. The van der Waals surface area contributed by atoms with Crippen LogP contribution in [0.25, 0.3) is 0 Å². The number of aliphatic hydroxyl groups is 1. The van der Waals surface area contributed by atoms with Crippen molar-refractivity contribution >= 4 is 0 Å². The van der Waals surface area contributed by atoms with Crippen LogP contribution in [0, 0.1) is 0 Å². The van der Waals surface area contributed by atoms with Crippen LogP contribution in [-0.2, 0) is 11.3 Å². The van der Waals surface area contributed by atoms with E-state index in [1.807, 2.05) is 6.07 Å². The molecule has 2 rings (SSSR count). The Hall–Kier alpha value is -0.900. The third kappa shape index (κ3) is 5.10. The molecule has 3 nitrogen and oxygen atoms in total. The largest absolute Gasteiger partial charge is 0.389 e. The monoisotopic (exact) mass is 291 g/mol. The molecule has 1 N–H and O–H groups in total. The SMILES string of the molecule is CCC(O)(CC)CN1CCC(OCc2ccccc2)CC1. The van der Waals surface area contributed by atoms with Crippen LogP contribution in [-0.4, -0.2) is 41.3 Å². The summed E-state index contributed by atoms with van der Waals surface area (Å²) in [5, 5.41) is 10.4. The predicted octanol–water partition coefficient (Wildman–Crippen LogP) is 3.22. The van der Waals surface area contributed by atoms with Crippen LogP contribution in [0.5, 0.6) is 0 Å². The van der Waals surface area contributed by atoms with Gasteiger partial charge in [0.15, 0.2) is 0 Å².